The molecule has 106 valence electrons. The smallest absolute Gasteiger partial charge is 0.0544 e. The molecule has 0 spiro atoms. The molecule has 0 aliphatic heterocycles. The zero-order valence-corrected chi connectivity index (χ0v) is 13.3. The van der Waals surface area contributed by atoms with E-state index in [0.717, 1.165) is 23.8 Å². The number of hydrogen-bond donors (Lipinski definition) is 1. The van der Waals surface area contributed by atoms with Crippen LogP contribution in [0.15, 0.2) is 23.1 Å². The van der Waals surface area contributed by atoms with Crippen LogP contribution in [0.2, 0.25) is 5.02 Å². The number of hydrogen-bond acceptors (Lipinski definition) is 2. The van der Waals surface area contributed by atoms with Gasteiger partial charge in [-0.15, -0.1) is 11.8 Å². The third-order valence-electron chi connectivity index (χ3n) is 3.97. The van der Waals surface area contributed by atoms with Gasteiger partial charge >= 0.3 is 0 Å². The molecule has 0 bridgehead atoms. The van der Waals surface area contributed by atoms with Crippen molar-refractivity contribution >= 4 is 23.4 Å². The molecule has 1 aromatic rings. The summed E-state index contributed by atoms with van der Waals surface area (Å²) in [6, 6.07) is 6.68. The van der Waals surface area contributed by atoms with Crippen LogP contribution >= 0.6 is 23.4 Å². The molecule has 1 saturated carbocycles. The fourth-order valence-electron chi connectivity index (χ4n) is 2.62. The summed E-state index contributed by atoms with van der Waals surface area (Å²) in [5.74, 6) is 2.11. The minimum Gasteiger partial charge on any atom is -0.327 e. The molecule has 0 amide bonds. The summed E-state index contributed by atoms with van der Waals surface area (Å²) in [5, 5.41) is 0.892. The van der Waals surface area contributed by atoms with Crippen molar-refractivity contribution in [1.29, 1.82) is 0 Å². The van der Waals surface area contributed by atoms with E-state index in [0.29, 0.717) is 0 Å². The van der Waals surface area contributed by atoms with Crippen LogP contribution in [0.25, 0.3) is 0 Å². The third kappa shape index (κ3) is 4.70. The quantitative estimate of drug-likeness (QED) is 0.756. The van der Waals surface area contributed by atoms with E-state index < -0.39 is 0 Å². The topological polar surface area (TPSA) is 26.0 Å². The zero-order chi connectivity index (χ0) is 13.7. The Labute approximate surface area is 126 Å². The van der Waals surface area contributed by atoms with Crippen LogP contribution in [-0.4, -0.2) is 11.8 Å². The summed E-state index contributed by atoms with van der Waals surface area (Å²) in [7, 11) is 0. The van der Waals surface area contributed by atoms with Gasteiger partial charge in [-0.05, 0) is 49.3 Å². The highest BCUT2D eigenvalue weighted by molar-refractivity contribution is 7.99. The monoisotopic (exact) mass is 297 g/mol. The van der Waals surface area contributed by atoms with E-state index in [-0.39, 0.29) is 6.04 Å². The van der Waals surface area contributed by atoms with Crippen LogP contribution in [0.3, 0.4) is 0 Å². The summed E-state index contributed by atoms with van der Waals surface area (Å²) < 4.78 is 0. The Morgan fingerprint density at radius 2 is 2.11 bits per heavy atom. The Hall–Kier alpha value is -0.180. The summed E-state index contributed by atoms with van der Waals surface area (Å²) in [5.41, 5.74) is 7.24. The first-order valence-corrected chi connectivity index (χ1v) is 8.72. The maximum atomic E-state index is 6.38. The predicted octanol–water partition coefficient (Wildman–Crippen LogP) is 4.90. The van der Waals surface area contributed by atoms with Crippen LogP contribution in [0.5, 0.6) is 0 Å². The lowest BCUT2D eigenvalue weighted by atomic mass is 10.1. The van der Waals surface area contributed by atoms with Gasteiger partial charge in [-0.3, -0.25) is 0 Å². The van der Waals surface area contributed by atoms with E-state index in [2.05, 4.69) is 25.1 Å². The second-order valence-corrected chi connectivity index (χ2v) is 7.07. The molecule has 0 saturated heterocycles. The van der Waals surface area contributed by atoms with Crippen molar-refractivity contribution in [2.45, 2.75) is 56.4 Å². The summed E-state index contributed by atoms with van der Waals surface area (Å²) in [6.07, 6.45) is 7.54. The average molecular weight is 298 g/mol. The Kier molecular flexibility index (Phi) is 6.06. The fourth-order valence-corrected chi connectivity index (χ4v) is 4.10. The number of rotatable bonds is 6. The molecule has 1 unspecified atom stereocenters. The van der Waals surface area contributed by atoms with Gasteiger partial charge < -0.3 is 5.73 Å². The van der Waals surface area contributed by atoms with Crippen molar-refractivity contribution in [2.75, 3.05) is 5.75 Å². The molecule has 2 N–H and O–H groups in total. The fraction of sp³-hybridized carbons (Fsp3) is 0.625. The second kappa shape index (κ2) is 7.56. The van der Waals surface area contributed by atoms with E-state index in [4.69, 9.17) is 17.3 Å². The molecule has 1 aliphatic rings. The van der Waals surface area contributed by atoms with Gasteiger partial charge in [-0.1, -0.05) is 37.4 Å². The van der Waals surface area contributed by atoms with E-state index >= 15 is 0 Å². The van der Waals surface area contributed by atoms with Crippen molar-refractivity contribution in [1.82, 2.24) is 0 Å². The standard InChI is InChI=1S/C16H24ClNS/c1-2-14(18)9-13-7-8-16(15(17)10-13)19-11-12-5-3-4-6-12/h7-8,10,12,14H,2-6,9,11,18H2,1H3. The Balaban J connectivity index is 1.90. The highest BCUT2D eigenvalue weighted by Crippen LogP contribution is 2.34. The van der Waals surface area contributed by atoms with Crippen LogP contribution in [0.1, 0.15) is 44.6 Å². The van der Waals surface area contributed by atoms with E-state index in [1.165, 1.54) is 41.9 Å². The summed E-state index contributed by atoms with van der Waals surface area (Å²) in [6.45, 7) is 2.12. The van der Waals surface area contributed by atoms with E-state index in [1.54, 1.807) is 0 Å². The first-order valence-electron chi connectivity index (χ1n) is 7.36. The zero-order valence-electron chi connectivity index (χ0n) is 11.7. The Bertz CT molecular complexity index is 402. The number of halogens is 1. The van der Waals surface area contributed by atoms with Gasteiger partial charge in [0, 0.05) is 16.7 Å². The lowest BCUT2D eigenvalue weighted by molar-refractivity contribution is 0.623. The highest BCUT2D eigenvalue weighted by atomic mass is 35.5. The second-order valence-electron chi connectivity index (χ2n) is 5.60. The van der Waals surface area contributed by atoms with Crippen molar-refractivity contribution < 1.29 is 0 Å². The lowest BCUT2D eigenvalue weighted by Crippen LogP contribution is -2.21. The van der Waals surface area contributed by atoms with Gasteiger partial charge in [0.25, 0.3) is 0 Å². The Morgan fingerprint density at radius 1 is 1.37 bits per heavy atom. The number of thioether (sulfide) groups is 1. The van der Waals surface area contributed by atoms with Crippen LogP contribution < -0.4 is 5.73 Å². The van der Waals surface area contributed by atoms with Gasteiger partial charge in [-0.25, -0.2) is 0 Å². The molecule has 0 aromatic heterocycles. The maximum absolute atomic E-state index is 6.38. The van der Waals surface area contributed by atoms with Crippen molar-refractivity contribution in [3.05, 3.63) is 28.8 Å². The van der Waals surface area contributed by atoms with Crippen LogP contribution in [0.4, 0.5) is 0 Å². The largest absolute Gasteiger partial charge is 0.327 e. The first kappa shape index (κ1) is 15.2. The third-order valence-corrected chi connectivity index (χ3v) is 5.70. The lowest BCUT2D eigenvalue weighted by Gasteiger charge is -2.12. The normalized spacial score (nSPS) is 17.8. The maximum Gasteiger partial charge on any atom is 0.0544 e. The van der Waals surface area contributed by atoms with Gasteiger partial charge in [0.1, 0.15) is 0 Å². The van der Waals surface area contributed by atoms with Crippen LogP contribution in [0, 0.1) is 5.92 Å². The molecule has 1 aromatic carbocycles. The molecule has 1 atom stereocenters. The molecular formula is C16H24ClNS. The predicted molar refractivity (Wildman–Crippen MR) is 86.1 cm³/mol. The molecule has 1 aliphatic carbocycles. The van der Waals surface area contributed by atoms with E-state index in [9.17, 15) is 0 Å². The van der Waals surface area contributed by atoms with Gasteiger partial charge in [-0.2, -0.15) is 0 Å². The van der Waals surface area contributed by atoms with Crippen molar-refractivity contribution in [2.24, 2.45) is 11.7 Å². The SMILES string of the molecule is CCC(N)Cc1ccc(SCC2CCCC2)c(Cl)c1. The summed E-state index contributed by atoms with van der Waals surface area (Å²) >= 11 is 8.29. The molecule has 1 nitrogen and oxygen atoms in total. The Morgan fingerprint density at radius 3 is 2.74 bits per heavy atom. The minimum atomic E-state index is 0.244. The van der Waals surface area contributed by atoms with Gasteiger partial charge in [0.05, 0.1) is 5.02 Å². The van der Waals surface area contributed by atoms with Crippen molar-refractivity contribution in [3.8, 4) is 0 Å². The molecule has 19 heavy (non-hydrogen) atoms. The van der Waals surface area contributed by atoms with Gasteiger partial charge in [0.2, 0.25) is 0 Å². The molecule has 3 heteroatoms. The summed E-state index contributed by atoms with van der Waals surface area (Å²) in [4.78, 5) is 1.22. The van der Waals surface area contributed by atoms with Gasteiger partial charge in [0.15, 0.2) is 0 Å². The average Bonchev–Trinajstić information content (AvgIpc) is 2.91. The molecule has 0 radical (unpaired) electrons. The van der Waals surface area contributed by atoms with Crippen LogP contribution in [-0.2, 0) is 6.42 Å². The first-order chi connectivity index (χ1) is 9.19. The molecule has 0 heterocycles. The molecular weight excluding hydrogens is 274 g/mol. The highest BCUT2D eigenvalue weighted by Gasteiger charge is 2.15. The molecule has 2 rings (SSSR count). The number of benzene rings is 1. The van der Waals surface area contributed by atoms with E-state index in [1.807, 2.05) is 11.8 Å². The van der Waals surface area contributed by atoms with Crippen molar-refractivity contribution in [3.63, 3.8) is 0 Å². The molecule has 1 fully saturated rings. The minimum absolute atomic E-state index is 0.244. The number of nitrogens with two attached hydrogens (primary N) is 1.